The minimum Gasteiger partial charge on any atom is -0.459 e. The SMILES string of the molecule is CCCCC(=O)N[C@@H](c1ccccc1)[C@@H](O)C(=O)O[C@H]1C[C@@]2(O)[C@@H](OC(=O)CCCC)[C@@H]3[C@]4(OC(C)=O)CO[C@@H]4C[C@H](O)[C@@]3(C)C(=O)[C@H](O)C(=C1C)C2(C)C. The summed E-state index contributed by atoms with van der Waals surface area (Å²) in [4.78, 5) is 68.1. The maximum absolute atomic E-state index is 14.8. The Kier molecular flexibility index (Phi) is 12.4. The van der Waals surface area contributed by atoms with Crippen LogP contribution in [0, 0.1) is 16.7 Å². The number of aliphatic hydroxyl groups excluding tert-OH is 3. The largest absolute Gasteiger partial charge is 0.459 e. The molecule has 0 aromatic heterocycles. The van der Waals surface area contributed by atoms with Crippen molar-refractivity contribution in [1.29, 1.82) is 0 Å². The summed E-state index contributed by atoms with van der Waals surface area (Å²) in [5.41, 5.74) is -6.80. The second-order valence-electron chi connectivity index (χ2n) is 16.4. The number of hydrogen-bond acceptors (Lipinski definition) is 13. The summed E-state index contributed by atoms with van der Waals surface area (Å²) in [5.74, 6) is -5.31. The molecule has 5 N–H and O–H groups in total. The van der Waals surface area contributed by atoms with Gasteiger partial charge in [0.15, 0.2) is 17.5 Å². The van der Waals surface area contributed by atoms with E-state index in [1.807, 2.05) is 13.8 Å². The number of amides is 1. The molecule has 4 aliphatic rings. The van der Waals surface area contributed by atoms with E-state index in [1.165, 1.54) is 20.8 Å². The van der Waals surface area contributed by atoms with E-state index >= 15 is 0 Å². The van der Waals surface area contributed by atoms with E-state index in [0.717, 1.165) is 6.42 Å². The number of ether oxygens (including phenoxy) is 4. The predicted molar refractivity (Wildman–Crippen MR) is 196 cm³/mol. The number of rotatable bonds is 13. The summed E-state index contributed by atoms with van der Waals surface area (Å²) < 4.78 is 24.0. The Balaban J connectivity index is 1.64. The van der Waals surface area contributed by atoms with Gasteiger partial charge in [0, 0.05) is 38.0 Å². The molecule has 14 heteroatoms. The molecule has 2 bridgehead atoms. The summed E-state index contributed by atoms with van der Waals surface area (Å²) >= 11 is 0. The molecule has 0 radical (unpaired) electrons. The van der Waals surface area contributed by atoms with Crippen LogP contribution in [0.15, 0.2) is 41.5 Å². The number of hydrogen-bond donors (Lipinski definition) is 5. The number of ketones is 1. The smallest absolute Gasteiger partial charge is 0.338 e. The Morgan fingerprint density at radius 3 is 2.22 bits per heavy atom. The molecule has 11 atom stereocenters. The Morgan fingerprint density at radius 2 is 1.64 bits per heavy atom. The van der Waals surface area contributed by atoms with Crippen molar-refractivity contribution in [2.75, 3.05) is 6.61 Å². The number of carbonyl (C=O) groups excluding carboxylic acids is 5. The molecule has 14 nitrogen and oxygen atoms in total. The average Bonchev–Trinajstić information content (AvgIpc) is 3.13. The topological polar surface area (TPSA) is 215 Å². The summed E-state index contributed by atoms with van der Waals surface area (Å²) in [6.07, 6.45) is -7.46. The van der Waals surface area contributed by atoms with Crippen molar-refractivity contribution in [3.63, 3.8) is 0 Å². The van der Waals surface area contributed by atoms with E-state index in [1.54, 1.807) is 44.2 Å². The van der Waals surface area contributed by atoms with Gasteiger partial charge in [-0.25, -0.2) is 4.79 Å². The molecule has 1 aliphatic heterocycles. The summed E-state index contributed by atoms with van der Waals surface area (Å²) in [5, 5.41) is 51.4. The lowest BCUT2D eigenvalue weighted by molar-refractivity contribution is -0.347. The van der Waals surface area contributed by atoms with E-state index in [0.29, 0.717) is 24.8 Å². The van der Waals surface area contributed by atoms with Gasteiger partial charge in [0.25, 0.3) is 0 Å². The minimum atomic E-state index is -2.26. The van der Waals surface area contributed by atoms with Crippen molar-refractivity contribution < 1.29 is 63.3 Å². The van der Waals surface area contributed by atoms with Crippen molar-refractivity contribution in [2.45, 2.75) is 154 Å². The molecule has 1 heterocycles. The lowest BCUT2D eigenvalue weighted by atomic mass is 9.44. The first-order valence-corrected chi connectivity index (χ1v) is 19.4. The average molecular weight is 772 g/mol. The van der Waals surface area contributed by atoms with Crippen LogP contribution in [0.2, 0.25) is 0 Å². The second-order valence-corrected chi connectivity index (χ2v) is 16.4. The monoisotopic (exact) mass is 771 g/mol. The molecular weight excluding hydrogens is 714 g/mol. The van der Waals surface area contributed by atoms with Crippen LogP contribution < -0.4 is 5.32 Å². The molecule has 1 amide bonds. The van der Waals surface area contributed by atoms with Gasteiger partial charge >= 0.3 is 17.9 Å². The fourth-order valence-electron chi connectivity index (χ4n) is 9.47. The van der Waals surface area contributed by atoms with E-state index in [-0.39, 0.29) is 42.9 Å². The number of fused-ring (bicyclic) bond motifs is 5. The molecule has 1 aromatic carbocycles. The molecule has 1 saturated heterocycles. The van der Waals surface area contributed by atoms with E-state index in [4.69, 9.17) is 18.9 Å². The lowest BCUT2D eigenvalue weighted by Crippen LogP contribution is -2.81. The number of benzene rings is 1. The first kappa shape index (κ1) is 42.5. The fourth-order valence-corrected chi connectivity index (χ4v) is 9.47. The normalized spacial score (nSPS) is 34.7. The van der Waals surface area contributed by atoms with Crippen molar-refractivity contribution in [1.82, 2.24) is 5.32 Å². The van der Waals surface area contributed by atoms with Gasteiger partial charge in [-0.1, -0.05) is 70.9 Å². The lowest BCUT2D eigenvalue weighted by Gasteiger charge is -2.67. The van der Waals surface area contributed by atoms with Gasteiger partial charge in [-0.3, -0.25) is 19.2 Å². The number of carbonyl (C=O) groups is 5. The molecule has 5 rings (SSSR count). The van der Waals surface area contributed by atoms with Gasteiger partial charge < -0.3 is 44.7 Å². The molecule has 3 fully saturated rings. The molecule has 304 valence electrons. The zero-order chi connectivity index (χ0) is 40.7. The number of nitrogens with one attached hydrogen (secondary N) is 1. The van der Waals surface area contributed by atoms with Gasteiger partial charge in [0.1, 0.15) is 30.0 Å². The number of esters is 3. The van der Waals surface area contributed by atoms with E-state index in [2.05, 4.69) is 5.32 Å². The first-order chi connectivity index (χ1) is 25.8. The molecule has 55 heavy (non-hydrogen) atoms. The summed E-state index contributed by atoms with van der Waals surface area (Å²) in [7, 11) is 0. The van der Waals surface area contributed by atoms with Crippen molar-refractivity contribution >= 4 is 29.6 Å². The van der Waals surface area contributed by atoms with Crippen molar-refractivity contribution in [3.05, 3.63) is 47.0 Å². The third-order valence-corrected chi connectivity index (χ3v) is 12.7. The maximum atomic E-state index is 14.8. The van der Waals surface area contributed by atoms with Crippen LogP contribution in [0.25, 0.3) is 0 Å². The Hall–Kier alpha value is -3.69. The van der Waals surface area contributed by atoms with Crippen molar-refractivity contribution in [2.24, 2.45) is 16.7 Å². The highest BCUT2D eigenvalue weighted by molar-refractivity contribution is 5.93. The Morgan fingerprint density at radius 1 is 1.00 bits per heavy atom. The molecular formula is C41H57NO13. The number of aliphatic hydroxyl groups is 4. The fraction of sp³-hybridized carbons (Fsp3) is 0.683. The quantitative estimate of drug-likeness (QED) is 0.111. The molecule has 2 saturated carbocycles. The van der Waals surface area contributed by atoms with Crippen LogP contribution in [-0.2, 0) is 42.9 Å². The number of Topliss-reactive ketones (excluding diaryl/α,β-unsaturated/α-hetero) is 1. The molecule has 0 spiro atoms. The standard InChI is InChI=1S/C41H57NO13/c1-8-10-17-28(45)42-31(24-15-13-12-14-16-24)33(48)37(50)53-25-20-41(51)36(54-29(46)18-11-9-2)34-39(7,35(49)32(47)30(22(25)3)38(41,5)6)26(44)19-27-40(34,21-52-27)55-23(4)43/h12-16,25-27,31-34,36,44,47-48,51H,8-11,17-21H2,1-7H3,(H,42,45)/t25-,26-,27+,31-,32+,33+,34-,36-,39+,40-,41+/m0/s1. The van der Waals surface area contributed by atoms with Crippen LogP contribution in [-0.4, -0.2) is 104 Å². The highest BCUT2D eigenvalue weighted by atomic mass is 16.6. The first-order valence-electron chi connectivity index (χ1n) is 19.4. The molecule has 3 aliphatic carbocycles. The van der Waals surface area contributed by atoms with Crippen LogP contribution in [0.1, 0.15) is 111 Å². The van der Waals surface area contributed by atoms with Gasteiger partial charge in [-0.2, -0.15) is 0 Å². The summed E-state index contributed by atoms with van der Waals surface area (Å²) in [6.45, 7) is 10.8. The number of unbranched alkanes of at least 4 members (excludes halogenated alkanes) is 2. The Labute approximate surface area is 321 Å². The highest BCUT2D eigenvalue weighted by Crippen LogP contribution is 2.64. The van der Waals surface area contributed by atoms with Crippen LogP contribution >= 0.6 is 0 Å². The van der Waals surface area contributed by atoms with Crippen molar-refractivity contribution in [3.8, 4) is 0 Å². The van der Waals surface area contributed by atoms with Crippen LogP contribution in [0.5, 0.6) is 0 Å². The van der Waals surface area contributed by atoms with Crippen LogP contribution in [0.4, 0.5) is 0 Å². The van der Waals surface area contributed by atoms with E-state index < -0.39 is 101 Å². The zero-order valence-electron chi connectivity index (χ0n) is 32.8. The van der Waals surface area contributed by atoms with Gasteiger partial charge in [0.2, 0.25) is 5.91 Å². The minimum absolute atomic E-state index is 0.0129. The van der Waals surface area contributed by atoms with Gasteiger partial charge in [0.05, 0.1) is 30.1 Å². The molecule has 1 aromatic rings. The van der Waals surface area contributed by atoms with Gasteiger partial charge in [-0.05, 0) is 43.4 Å². The van der Waals surface area contributed by atoms with E-state index in [9.17, 15) is 44.4 Å². The van der Waals surface area contributed by atoms with Crippen LogP contribution in [0.3, 0.4) is 0 Å². The predicted octanol–water partition coefficient (Wildman–Crippen LogP) is 2.92. The molecule has 0 unspecified atom stereocenters. The third-order valence-electron chi connectivity index (χ3n) is 12.7. The summed E-state index contributed by atoms with van der Waals surface area (Å²) in [6, 6.07) is 7.20. The maximum Gasteiger partial charge on any atom is 0.338 e. The third kappa shape index (κ3) is 7.24. The second kappa shape index (κ2) is 16.0. The highest BCUT2D eigenvalue weighted by Gasteiger charge is 2.78. The Bertz CT molecular complexity index is 1680. The van der Waals surface area contributed by atoms with Gasteiger partial charge in [-0.15, -0.1) is 0 Å². The zero-order valence-corrected chi connectivity index (χ0v) is 32.8.